The molecule has 1 heterocycles. The van der Waals surface area contributed by atoms with Crippen LogP contribution in [0.5, 0.6) is 0 Å². The topological polar surface area (TPSA) is 85.8 Å². The van der Waals surface area contributed by atoms with E-state index >= 15 is 0 Å². The van der Waals surface area contributed by atoms with Gasteiger partial charge in [-0.2, -0.15) is 0 Å². The zero-order valence-corrected chi connectivity index (χ0v) is 19.3. The maximum absolute atomic E-state index is 12.1. The van der Waals surface area contributed by atoms with Gasteiger partial charge >= 0.3 is 0 Å². The van der Waals surface area contributed by atoms with E-state index in [1.165, 1.54) is 0 Å². The summed E-state index contributed by atoms with van der Waals surface area (Å²) in [6, 6.07) is 7.86. The van der Waals surface area contributed by atoms with Gasteiger partial charge in [-0.3, -0.25) is 14.6 Å². The van der Waals surface area contributed by atoms with Crippen LogP contribution >= 0.6 is 24.0 Å². The number of guanidine groups is 1. The average molecular weight is 501 g/mol. The lowest BCUT2D eigenvalue weighted by molar-refractivity contribution is -0.130. The zero-order chi connectivity index (χ0) is 19.6. The van der Waals surface area contributed by atoms with Crippen LogP contribution in [0.15, 0.2) is 29.3 Å². The number of fused-ring (bicyclic) bond motifs is 1. The maximum atomic E-state index is 12.1. The summed E-state index contributed by atoms with van der Waals surface area (Å²) in [6.45, 7) is 9.21. The number of nitrogens with one attached hydrogen (secondary N) is 3. The molecule has 7 nitrogen and oxygen atoms in total. The van der Waals surface area contributed by atoms with E-state index in [2.05, 4.69) is 20.9 Å². The molecule has 156 valence electrons. The van der Waals surface area contributed by atoms with Gasteiger partial charge in [-0.15, -0.1) is 24.0 Å². The number of halogens is 1. The molecule has 1 atom stereocenters. The minimum absolute atomic E-state index is 0. The number of hydrogen-bond donors (Lipinski definition) is 3. The molecule has 1 aliphatic heterocycles. The van der Waals surface area contributed by atoms with E-state index in [4.69, 9.17) is 0 Å². The highest BCUT2D eigenvalue weighted by Gasteiger charge is 2.24. The Morgan fingerprint density at radius 2 is 1.93 bits per heavy atom. The molecule has 0 aliphatic carbocycles. The fourth-order valence-corrected chi connectivity index (χ4v) is 3.23. The minimum Gasteiger partial charge on any atom is -0.357 e. The summed E-state index contributed by atoms with van der Waals surface area (Å²) in [5.41, 5.74) is 1.99. The molecule has 1 aromatic carbocycles. The molecule has 3 N–H and O–H groups in total. The third kappa shape index (κ3) is 6.96. The molecule has 0 bridgehead atoms. The summed E-state index contributed by atoms with van der Waals surface area (Å²) in [5.74, 6) is 0.897. The molecule has 1 aromatic rings. The van der Waals surface area contributed by atoms with Crippen molar-refractivity contribution in [3.8, 4) is 0 Å². The number of amides is 2. The molecule has 1 aliphatic rings. The summed E-state index contributed by atoms with van der Waals surface area (Å²) in [5, 5.41) is 9.33. The van der Waals surface area contributed by atoms with Crippen LogP contribution in [0.1, 0.15) is 45.1 Å². The van der Waals surface area contributed by atoms with Crippen LogP contribution in [0.25, 0.3) is 0 Å². The number of para-hydroxylation sites is 1. The molecule has 0 aromatic heterocycles. The normalized spacial score (nSPS) is 15.8. The lowest BCUT2D eigenvalue weighted by Gasteiger charge is -2.24. The molecule has 28 heavy (non-hydrogen) atoms. The van der Waals surface area contributed by atoms with Crippen molar-refractivity contribution in [2.75, 3.05) is 38.0 Å². The highest BCUT2D eigenvalue weighted by Crippen LogP contribution is 2.31. The van der Waals surface area contributed by atoms with E-state index in [-0.39, 0.29) is 41.7 Å². The monoisotopic (exact) mass is 501 g/mol. The fraction of sp³-hybridized carbons (Fsp3) is 0.550. The molecule has 2 amide bonds. The number of benzene rings is 1. The van der Waals surface area contributed by atoms with Crippen molar-refractivity contribution in [2.45, 2.75) is 39.5 Å². The Morgan fingerprint density at radius 1 is 1.21 bits per heavy atom. The van der Waals surface area contributed by atoms with Crippen LogP contribution in [0.3, 0.4) is 0 Å². The summed E-state index contributed by atoms with van der Waals surface area (Å²) in [7, 11) is 0. The predicted octanol–water partition coefficient (Wildman–Crippen LogP) is 2.54. The van der Waals surface area contributed by atoms with Crippen LogP contribution in [-0.2, 0) is 9.59 Å². The summed E-state index contributed by atoms with van der Waals surface area (Å²) >= 11 is 0. The quantitative estimate of drug-likeness (QED) is 0.291. The fourth-order valence-electron chi connectivity index (χ4n) is 3.23. The molecular weight excluding hydrogens is 469 g/mol. The van der Waals surface area contributed by atoms with E-state index < -0.39 is 0 Å². The van der Waals surface area contributed by atoms with Crippen molar-refractivity contribution in [3.63, 3.8) is 0 Å². The van der Waals surface area contributed by atoms with E-state index in [1.54, 1.807) is 0 Å². The molecular formula is C20H32IN5O2. The largest absolute Gasteiger partial charge is 0.357 e. The van der Waals surface area contributed by atoms with Gasteiger partial charge in [0, 0.05) is 50.6 Å². The number of rotatable bonds is 8. The van der Waals surface area contributed by atoms with E-state index in [9.17, 15) is 9.59 Å². The minimum atomic E-state index is 0. The number of carbonyl (C=O) groups is 2. The van der Waals surface area contributed by atoms with Crippen molar-refractivity contribution >= 4 is 47.4 Å². The standard InChI is InChI=1S/C20H31N5O2.HI/c1-4-21-20(22-12-11-19(27)25(5-2)6-3)23-14-15-13-18(26)24-17-10-8-7-9-16(15)17;/h7-10,15H,4-6,11-14H2,1-3H3,(H,24,26)(H2,21,22,23);1H. The van der Waals surface area contributed by atoms with Crippen LogP contribution < -0.4 is 16.0 Å². The van der Waals surface area contributed by atoms with E-state index in [1.807, 2.05) is 49.9 Å². The van der Waals surface area contributed by atoms with Gasteiger partial charge in [0.1, 0.15) is 0 Å². The first-order chi connectivity index (χ1) is 13.1. The molecule has 0 saturated heterocycles. The molecule has 0 spiro atoms. The SMILES string of the molecule is CCNC(=NCC1CC(=O)Nc2ccccc21)NCCC(=O)N(CC)CC.I. The van der Waals surface area contributed by atoms with Crippen LogP contribution in [0.4, 0.5) is 5.69 Å². The second kappa shape index (κ2) is 12.6. The zero-order valence-electron chi connectivity index (χ0n) is 17.0. The Labute approximate surface area is 184 Å². The Morgan fingerprint density at radius 3 is 2.61 bits per heavy atom. The molecule has 2 rings (SSSR count). The second-order valence-electron chi connectivity index (χ2n) is 6.50. The van der Waals surface area contributed by atoms with Gasteiger partial charge in [-0.05, 0) is 32.4 Å². The summed E-state index contributed by atoms with van der Waals surface area (Å²) in [4.78, 5) is 30.5. The molecule has 1 unspecified atom stereocenters. The second-order valence-corrected chi connectivity index (χ2v) is 6.50. The van der Waals surface area contributed by atoms with Crippen molar-refractivity contribution in [3.05, 3.63) is 29.8 Å². The average Bonchev–Trinajstić information content (AvgIpc) is 2.66. The first kappa shape index (κ1) is 24.2. The summed E-state index contributed by atoms with van der Waals surface area (Å²) < 4.78 is 0. The smallest absolute Gasteiger partial charge is 0.225 e. The Balaban J connectivity index is 0.00000392. The highest BCUT2D eigenvalue weighted by atomic mass is 127. The van der Waals surface area contributed by atoms with E-state index in [0.29, 0.717) is 31.9 Å². The first-order valence-corrected chi connectivity index (χ1v) is 9.77. The summed E-state index contributed by atoms with van der Waals surface area (Å²) in [6.07, 6.45) is 0.862. The third-order valence-electron chi connectivity index (χ3n) is 4.67. The van der Waals surface area contributed by atoms with Gasteiger partial charge in [-0.1, -0.05) is 18.2 Å². The van der Waals surface area contributed by atoms with Crippen molar-refractivity contribution < 1.29 is 9.59 Å². The lowest BCUT2D eigenvalue weighted by Crippen LogP contribution is -2.40. The van der Waals surface area contributed by atoms with Crippen LogP contribution in [0.2, 0.25) is 0 Å². The van der Waals surface area contributed by atoms with Crippen molar-refractivity contribution in [1.29, 1.82) is 0 Å². The van der Waals surface area contributed by atoms with Crippen LogP contribution in [-0.4, -0.2) is 55.4 Å². The third-order valence-corrected chi connectivity index (χ3v) is 4.67. The van der Waals surface area contributed by atoms with E-state index in [0.717, 1.165) is 30.9 Å². The van der Waals surface area contributed by atoms with Gasteiger partial charge in [-0.25, -0.2) is 0 Å². The Kier molecular flexibility index (Phi) is 10.9. The van der Waals surface area contributed by atoms with Crippen molar-refractivity contribution in [2.24, 2.45) is 4.99 Å². The molecule has 8 heteroatoms. The van der Waals surface area contributed by atoms with Gasteiger partial charge in [0.05, 0.1) is 6.54 Å². The molecule has 0 saturated carbocycles. The highest BCUT2D eigenvalue weighted by molar-refractivity contribution is 14.0. The number of anilines is 1. The van der Waals surface area contributed by atoms with Gasteiger partial charge in [0.2, 0.25) is 11.8 Å². The van der Waals surface area contributed by atoms with Crippen molar-refractivity contribution in [1.82, 2.24) is 15.5 Å². The Bertz CT molecular complexity index is 676. The molecule has 0 radical (unpaired) electrons. The van der Waals surface area contributed by atoms with Gasteiger partial charge in [0.15, 0.2) is 5.96 Å². The Hall–Kier alpha value is -1.84. The van der Waals surface area contributed by atoms with Crippen LogP contribution in [0, 0.1) is 0 Å². The first-order valence-electron chi connectivity index (χ1n) is 9.77. The molecule has 0 fully saturated rings. The number of carbonyl (C=O) groups excluding carboxylic acids is 2. The van der Waals surface area contributed by atoms with Gasteiger partial charge < -0.3 is 20.9 Å². The van der Waals surface area contributed by atoms with Gasteiger partial charge in [0.25, 0.3) is 0 Å². The predicted molar refractivity (Wildman–Crippen MR) is 124 cm³/mol. The number of nitrogens with zero attached hydrogens (tertiary/aromatic N) is 2. The maximum Gasteiger partial charge on any atom is 0.225 e. The number of aliphatic imine (C=N–C) groups is 1. The lowest BCUT2D eigenvalue weighted by atomic mass is 9.91. The number of hydrogen-bond acceptors (Lipinski definition) is 3.